The molecule has 0 radical (unpaired) electrons. The molecule has 0 unspecified atom stereocenters. The molecule has 4 nitrogen and oxygen atoms in total. The number of carbonyl (C=O) groups is 1. The summed E-state index contributed by atoms with van der Waals surface area (Å²) in [5, 5.41) is 2.99. The lowest BCUT2D eigenvalue weighted by molar-refractivity contribution is 0.0954. The van der Waals surface area contributed by atoms with Gasteiger partial charge in [-0.1, -0.05) is 30.3 Å². The lowest BCUT2D eigenvalue weighted by atomic mass is 10.1. The van der Waals surface area contributed by atoms with Crippen molar-refractivity contribution in [2.45, 2.75) is 6.42 Å². The predicted molar refractivity (Wildman–Crippen MR) is 98.6 cm³/mol. The number of rotatable bonds is 5. The van der Waals surface area contributed by atoms with Gasteiger partial charge in [0.05, 0.1) is 0 Å². The highest BCUT2D eigenvalue weighted by Gasteiger charge is 2.14. The molecule has 0 aliphatic carbocycles. The second kappa shape index (κ2) is 7.97. The van der Waals surface area contributed by atoms with Gasteiger partial charge < -0.3 is 15.1 Å². The lowest BCUT2D eigenvalue weighted by Crippen LogP contribution is -2.44. The molecule has 1 amide bonds. The van der Waals surface area contributed by atoms with Crippen LogP contribution in [0, 0.1) is 0 Å². The maximum absolute atomic E-state index is 12.2. The fraction of sp³-hybridized carbons (Fsp3) is 0.350. The molecule has 0 saturated carbocycles. The number of benzene rings is 2. The van der Waals surface area contributed by atoms with Crippen LogP contribution in [0.2, 0.25) is 0 Å². The first kappa shape index (κ1) is 16.5. The van der Waals surface area contributed by atoms with Gasteiger partial charge in [0.25, 0.3) is 5.91 Å². The summed E-state index contributed by atoms with van der Waals surface area (Å²) < 4.78 is 0. The maximum Gasteiger partial charge on any atom is 0.251 e. The predicted octanol–water partition coefficient (Wildman–Crippen LogP) is 2.41. The van der Waals surface area contributed by atoms with Gasteiger partial charge in [0.1, 0.15) is 0 Å². The van der Waals surface area contributed by atoms with Gasteiger partial charge in [-0.05, 0) is 43.3 Å². The van der Waals surface area contributed by atoms with Crippen molar-refractivity contribution in [1.82, 2.24) is 10.2 Å². The number of likely N-dealkylation sites (N-methyl/N-ethyl adjacent to an activating group) is 1. The molecule has 1 heterocycles. The highest BCUT2D eigenvalue weighted by Crippen LogP contribution is 2.17. The Labute approximate surface area is 144 Å². The Morgan fingerprint density at radius 2 is 1.62 bits per heavy atom. The second-order valence-corrected chi connectivity index (χ2v) is 6.33. The van der Waals surface area contributed by atoms with Crippen LogP contribution in [0.5, 0.6) is 0 Å². The standard InChI is InChI=1S/C20H25N3O/c1-22-13-15-23(16-14-22)19-9-7-18(8-10-19)20(24)21-12-11-17-5-3-2-4-6-17/h2-10H,11-16H2,1H3,(H,21,24). The Kier molecular flexibility index (Phi) is 5.49. The average molecular weight is 323 g/mol. The molecular formula is C20H25N3O. The quantitative estimate of drug-likeness (QED) is 0.918. The number of carbonyl (C=O) groups excluding carboxylic acids is 1. The van der Waals surface area contributed by atoms with E-state index in [0.717, 1.165) is 38.2 Å². The van der Waals surface area contributed by atoms with Gasteiger partial charge in [-0.25, -0.2) is 0 Å². The van der Waals surface area contributed by atoms with Crippen molar-refractivity contribution in [2.24, 2.45) is 0 Å². The molecule has 0 atom stereocenters. The summed E-state index contributed by atoms with van der Waals surface area (Å²) in [5.74, 6) is -0.00383. The van der Waals surface area contributed by atoms with Crippen LogP contribution in [0.25, 0.3) is 0 Å². The zero-order chi connectivity index (χ0) is 16.8. The van der Waals surface area contributed by atoms with Crippen molar-refractivity contribution in [3.8, 4) is 0 Å². The Morgan fingerprint density at radius 3 is 2.29 bits per heavy atom. The van der Waals surface area contributed by atoms with Crippen molar-refractivity contribution < 1.29 is 4.79 Å². The van der Waals surface area contributed by atoms with Crippen LogP contribution in [-0.2, 0) is 6.42 Å². The van der Waals surface area contributed by atoms with Gasteiger partial charge >= 0.3 is 0 Å². The normalized spacial score (nSPS) is 15.3. The van der Waals surface area contributed by atoms with Crippen LogP contribution < -0.4 is 10.2 Å². The summed E-state index contributed by atoms with van der Waals surface area (Å²) in [4.78, 5) is 16.9. The van der Waals surface area contributed by atoms with Crippen LogP contribution >= 0.6 is 0 Å². The topological polar surface area (TPSA) is 35.6 Å². The van der Waals surface area contributed by atoms with Crippen LogP contribution in [0.15, 0.2) is 54.6 Å². The molecule has 1 aliphatic rings. The van der Waals surface area contributed by atoms with Gasteiger partial charge in [-0.2, -0.15) is 0 Å². The van der Waals surface area contributed by atoms with Crippen molar-refractivity contribution in [2.75, 3.05) is 44.7 Å². The number of amides is 1. The van der Waals surface area contributed by atoms with E-state index in [-0.39, 0.29) is 5.91 Å². The number of anilines is 1. The SMILES string of the molecule is CN1CCN(c2ccc(C(=O)NCCc3ccccc3)cc2)CC1. The third kappa shape index (κ3) is 4.36. The average Bonchev–Trinajstić information content (AvgIpc) is 2.63. The van der Waals surface area contributed by atoms with Crippen LogP contribution in [0.4, 0.5) is 5.69 Å². The third-order valence-corrected chi connectivity index (χ3v) is 4.54. The van der Waals surface area contributed by atoms with E-state index < -0.39 is 0 Å². The maximum atomic E-state index is 12.2. The van der Waals surface area contributed by atoms with Crippen LogP contribution in [0.1, 0.15) is 15.9 Å². The summed E-state index contributed by atoms with van der Waals surface area (Å²) in [5.41, 5.74) is 3.16. The molecule has 2 aromatic carbocycles. The minimum Gasteiger partial charge on any atom is -0.369 e. The van der Waals surface area contributed by atoms with E-state index in [0.29, 0.717) is 6.54 Å². The molecule has 1 fully saturated rings. The Hall–Kier alpha value is -2.33. The van der Waals surface area contributed by atoms with E-state index in [9.17, 15) is 4.79 Å². The van der Waals surface area contributed by atoms with Gasteiger partial charge in [0, 0.05) is 44.0 Å². The van der Waals surface area contributed by atoms with Gasteiger partial charge in [0.15, 0.2) is 0 Å². The molecule has 24 heavy (non-hydrogen) atoms. The van der Waals surface area contributed by atoms with Gasteiger partial charge in [0.2, 0.25) is 0 Å². The fourth-order valence-electron chi connectivity index (χ4n) is 2.96. The molecule has 1 saturated heterocycles. The minimum atomic E-state index is -0.00383. The Bertz CT molecular complexity index is 646. The van der Waals surface area contributed by atoms with E-state index in [1.54, 1.807) is 0 Å². The van der Waals surface area contributed by atoms with Crippen molar-refractivity contribution in [3.05, 3.63) is 65.7 Å². The van der Waals surface area contributed by atoms with Gasteiger partial charge in [-0.3, -0.25) is 4.79 Å². The molecule has 1 N–H and O–H groups in total. The van der Waals surface area contributed by atoms with E-state index in [1.807, 2.05) is 30.3 Å². The van der Waals surface area contributed by atoms with E-state index >= 15 is 0 Å². The van der Waals surface area contributed by atoms with Crippen LogP contribution in [0.3, 0.4) is 0 Å². The summed E-state index contributed by atoms with van der Waals surface area (Å²) in [6.07, 6.45) is 0.853. The minimum absolute atomic E-state index is 0.00383. The van der Waals surface area contributed by atoms with Crippen molar-refractivity contribution in [1.29, 1.82) is 0 Å². The number of hydrogen-bond acceptors (Lipinski definition) is 3. The van der Waals surface area contributed by atoms with E-state index in [1.165, 1.54) is 11.3 Å². The first-order valence-electron chi connectivity index (χ1n) is 8.58. The number of piperazine rings is 1. The summed E-state index contributed by atoms with van der Waals surface area (Å²) in [7, 11) is 2.15. The lowest BCUT2D eigenvalue weighted by Gasteiger charge is -2.34. The highest BCUT2D eigenvalue weighted by molar-refractivity contribution is 5.94. The highest BCUT2D eigenvalue weighted by atomic mass is 16.1. The molecular weight excluding hydrogens is 298 g/mol. The Morgan fingerprint density at radius 1 is 0.958 bits per heavy atom. The Balaban J connectivity index is 1.50. The second-order valence-electron chi connectivity index (χ2n) is 6.33. The third-order valence-electron chi connectivity index (χ3n) is 4.54. The molecule has 126 valence electrons. The number of hydrogen-bond donors (Lipinski definition) is 1. The van der Waals surface area contributed by atoms with Crippen LogP contribution in [-0.4, -0.2) is 50.6 Å². The van der Waals surface area contributed by atoms with Crippen molar-refractivity contribution in [3.63, 3.8) is 0 Å². The number of nitrogens with zero attached hydrogens (tertiary/aromatic N) is 2. The zero-order valence-electron chi connectivity index (χ0n) is 14.2. The molecule has 1 aliphatic heterocycles. The molecule has 0 spiro atoms. The fourth-order valence-corrected chi connectivity index (χ4v) is 2.96. The van der Waals surface area contributed by atoms with E-state index in [4.69, 9.17) is 0 Å². The molecule has 2 aromatic rings. The molecule has 4 heteroatoms. The van der Waals surface area contributed by atoms with E-state index in [2.05, 4.69) is 46.4 Å². The summed E-state index contributed by atoms with van der Waals surface area (Å²) in [6.45, 7) is 4.91. The first-order chi connectivity index (χ1) is 11.7. The smallest absolute Gasteiger partial charge is 0.251 e. The first-order valence-corrected chi connectivity index (χ1v) is 8.58. The zero-order valence-corrected chi connectivity index (χ0v) is 14.2. The van der Waals surface area contributed by atoms with Crippen molar-refractivity contribution >= 4 is 11.6 Å². The summed E-state index contributed by atoms with van der Waals surface area (Å²) in [6, 6.07) is 18.2. The number of nitrogens with one attached hydrogen (secondary N) is 1. The summed E-state index contributed by atoms with van der Waals surface area (Å²) >= 11 is 0. The molecule has 0 aromatic heterocycles. The van der Waals surface area contributed by atoms with Gasteiger partial charge in [-0.15, -0.1) is 0 Å². The monoisotopic (exact) mass is 323 g/mol. The molecule has 0 bridgehead atoms. The molecule has 3 rings (SSSR count). The largest absolute Gasteiger partial charge is 0.369 e.